The van der Waals surface area contributed by atoms with E-state index in [1.165, 1.54) is 25.9 Å². The average Bonchev–Trinajstić information content (AvgIpc) is 2.41. The van der Waals surface area contributed by atoms with Crippen molar-refractivity contribution >= 4 is 0 Å². The molecule has 2 aliphatic heterocycles. The number of hydrogen-bond donors (Lipinski definition) is 1. The van der Waals surface area contributed by atoms with E-state index in [0.29, 0.717) is 5.41 Å². The average molecular weight is 170 g/mol. The fourth-order valence-corrected chi connectivity index (χ4v) is 2.25. The Hall–Kier alpha value is -0.120. The highest BCUT2D eigenvalue weighted by Crippen LogP contribution is 2.37. The number of rotatable bonds is 0. The number of nitrogens with two attached hydrogens (primary N) is 1. The van der Waals surface area contributed by atoms with Gasteiger partial charge in [-0.1, -0.05) is 0 Å². The molecule has 2 heterocycles. The van der Waals surface area contributed by atoms with Gasteiger partial charge in [-0.2, -0.15) is 0 Å². The van der Waals surface area contributed by atoms with Crippen LogP contribution in [-0.2, 0) is 4.74 Å². The molecule has 2 rings (SSSR count). The van der Waals surface area contributed by atoms with Gasteiger partial charge in [-0.3, -0.25) is 0 Å². The first kappa shape index (κ1) is 8.48. The van der Waals surface area contributed by atoms with E-state index in [2.05, 4.69) is 11.9 Å². The van der Waals surface area contributed by atoms with E-state index >= 15 is 0 Å². The predicted molar refractivity (Wildman–Crippen MR) is 48.0 cm³/mol. The Kier molecular flexibility index (Phi) is 2.10. The summed E-state index contributed by atoms with van der Waals surface area (Å²) in [5, 5.41) is 0. The van der Waals surface area contributed by atoms with Crippen LogP contribution in [-0.4, -0.2) is 44.3 Å². The fraction of sp³-hybridized carbons (Fsp3) is 1.00. The minimum absolute atomic E-state index is 0.284. The molecular weight excluding hydrogens is 152 g/mol. The second kappa shape index (κ2) is 2.98. The number of nitrogens with zero attached hydrogens (tertiary/aromatic N) is 1. The van der Waals surface area contributed by atoms with Crippen LogP contribution in [0.5, 0.6) is 0 Å². The molecule has 1 spiro atoms. The normalized spacial score (nSPS) is 36.0. The minimum Gasteiger partial charge on any atom is -0.379 e. The van der Waals surface area contributed by atoms with Crippen LogP contribution < -0.4 is 5.73 Å². The van der Waals surface area contributed by atoms with Gasteiger partial charge in [-0.05, 0) is 33.0 Å². The van der Waals surface area contributed by atoms with Crippen molar-refractivity contribution in [3.63, 3.8) is 0 Å². The molecule has 0 bridgehead atoms. The molecule has 0 aromatic rings. The van der Waals surface area contributed by atoms with Crippen LogP contribution in [0.15, 0.2) is 0 Å². The first-order chi connectivity index (χ1) is 5.73. The van der Waals surface area contributed by atoms with E-state index in [9.17, 15) is 0 Å². The molecule has 1 atom stereocenters. The number of hydrogen-bond acceptors (Lipinski definition) is 3. The zero-order valence-corrected chi connectivity index (χ0v) is 7.75. The highest BCUT2D eigenvalue weighted by Gasteiger charge is 2.43. The lowest BCUT2D eigenvalue weighted by Crippen LogP contribution is -2.48. The van der Waals surface area contributed by atoms with Gasteiger partial charge in [0.15, 0.2) is 0 Å². The van der Waals surface area contributed by atoms with Crippen molar-refractivity contribution in [1.82, 2.24) is 4.90 Å². The van der Waals surface area contributed by atoms with Gasteiger partial charge < -0.3 is 15.4 Å². The maximum atomic E-state index is 6.05. The van der Waals surface area contributed by atoms with E-state index in [-0.39, 0.29) is 6.04 Å². The SMILES string of the molecule is CN1CCC2(CC1)COC[C@H]2N. The third-order valence-electron chi connectivity index (χ3n) is 3.46. The van der Waals surface area contributed by atoms with Crippen molar-refractivity contribution in [3.05, 3.63) is 0 Å². The fourth-order valence-electron chi connectivity index (χ4n) is 2.25. The molecule has 12 heavy (non-hydrogen) atoms. The maximum absolute atomic E-state index is 6.05. The molecule has 2 N–H and O–H groups in total. The molecule has 0 amide bonds. The zero-order chi connectivity index (χ0) is 8.60. The van der Waals surface area contributed by atoms with Gasteiger partial charge in [0.2, 0.25) is 0 Å². The Bertz CT molecular complexity index is 164. The molecule has 2 saturated heterocycles. The van der Waals surface area contributed by atoms with Crippen LogP contribution in [0.3, 0.4) is 0 Å². The van der Waals surface area contributed by atoms with E-state index in [0.717, 1.165) is 13.2 Å². The van der Waals surface area contributed by atoms with Crippen LogP contribution in [0.4, 0.5) is 0 Å². The molecule has 3 heteroatoms. The summed E-state index contributed by atoms with van der Waals surface area (Å²) in [4.78, 5) is 2.37. The van der Waals surface area contributed by atoms with Crippen molar-refractivity contribution in [2.24, 2.45) is 11.1 Å². The molecule has 2 fully saturated rings. The van der Waals surface area contributed by atoms with Crippen LogP contribution >= 0.6 is 0 Å². The van der Waals surface area contributed by atoms with Gasteiger partial charge in [0.1, 0.15) is 0 Å². The van der Waals surface area contributed by atoms with Crippen LogP contribution in [0.25, 0.3) is 0 Å². The quantitative estimate of drug-likeness (QED) is 0.558. The number of piperidine rings is 1. The molecule has 2 aliphatic rings. The van der Waals surface area contributed by atoms with Gasteiger partial charge in [0, 0.05) is 11.5 Å². The number of likely N-dealkylation sites (tertiary alicyclic amines) is 1. The van der Waals surface area contributed by atoms with Crippen molar-refractivity contribution in [2.45, 2.75) is 18.9 Å². The first-order valence-corrected chi connectivity index (χ1v) is 4.75. The van der Waals surface area contributed by atoms with Gasteiger partial charge in [0.25, 0.3) is 0 Å². The van der Waals surface area contributed by atoms with Gasteiger partial charge in [0.05, 0.1) is 13.2 Å². The van der Waals surface area contributed by atoms with Crippen molar-refractivity contribution in [1.29, 1.82) is 0 Å². The van der Waals surface area contributed by atoms with Crippen LogP contribution in [0.2, 0.25) is 0 Å². The summed E-state index contributed by atoms with van der Waals surface area (Å²) in [5.41, 5.74) is 6.37. The standard InChI is InChI=1S/C9H18N2O/c1-11-4-2-9(3-5-11)7-12-6-8(9)10/h8H,2-7,10H2,1H3/t8-/m1/s1. The highest BCUT2D eigenvalue weighted by molar-refractivity contribution is 4.96. The van der Waals surface area contributed by atoms with E-state index in [4.69, 9.17) is 10.5 Å². The Labute approximate surface area is 73.9 Å². The minimum atomic E-state index is 0.284. The topological polar surface area (TPSA) is 38.5 Å². The largest absolute Gasteiger partial charge is 0.379 e. The molecule has 3 nitrogen and oxygen atoms in total. The molecule has 0 aromatic heterocycles. The lowest BCUT2D eigenvalue weighted by Gasteiger charge is -2.39. The van der Waals surface area contributed by atoms with Gasteiger partial charge in [-0.15, -0.1) is 0 Å². The maximum Gasteiger partial charge on any atom is 0.0624 e. The summed E-state index contributed by atoms with van der Waals surface area (Å²) < 4.78 is 5.44. The third-order valence-corrected chi connectivity index (χ3v) is 3.46. The van der Waals surface area contributed by atoms with Gasteiger partial charge >= 0.3 is 0 Å². The molecule has 0 aliphatic carbocycles. The van der Waals surface area contributed by atoms with Crippen molar-refractivity contribution in [2.75, 3.05) is 33.4 Å². The Balaban J connectivity index is 2.02. The summed E-state index contributed by atoms with van der Waals surface area (Å²) in [6.45, 7) is 4.01. The predicted octanol–water partition coefficient (Wildman–Crippen LogP) is 0.0559. The second-order valence-electron chi connectivity index (χ2n) is 4.29. The third kappa shape index (κ3) is 1.26. The Morgan fingerprint density at radius 2 is 2.08 bits per heavy atom. The Morgan fingerprint density at radius 1 is 1.42 bits per heavy atom. The van der Waals surface area contributed by atoms with Crippen molar-refractivity contribution < 1.29 is 4.74 Å². The first-order valence-electron chi connectivity index (χ1n) is 4.75. The smallest absolute Gasteiger partial charge is 0.0624 e. The van der Waals surface area contributed by atoms with Crippen molar-refractivity contribution in [3.8, 4) is 0 Å². The molecule has 0 radical (unpaired) electrons. The summed E-state index contributed by atoms with van der Waals surface area (Å²) in [5.74, 6) is 0. The highest BCUT2D eigenvalue weighted by atomic mass is 16.5. The second-order valence-corrected chi connectivity index (χ2v) is 4.29. The monoisotopic (exact) mass is 170 g/mol. The van der Waals surface area contributed by atoms with Crippen LogP contribution in [0, 0.1) is 5.41 Å². The number of ether oxygens (including phenoxy) is 1. The lowest BCUT2D eigenvalue weighted by atomic mass is 9.75. The van der Waals surface area contributed by atoms with E-state index < -0.39 is 0 Å². The van der Waals surface area contributed by atoms with E-state index in [1.54, 1.807) is 0 Å². The Morgan fingerprint density at radius 3 is 2.58 bits per heavy atom. The molecular formula is C9H18N2O. The molecule has 70 valence electrons. The molecule has 0 saturated carbocycles. The van der Waals surface area contributed by atoms with Crippen LogP contribution in [0.1, 0.15) is 12.8 Å². The van der Waals surface area contributed by atoms with E-state index in [1.807, 2.05) is 0 Å². The summed E-state index contributed by atoms with van der Waals surface area (Å²) in [7, 11) is 2.17. The summed E-state index contributed by atoms with van der Waals surface area (Å²) >= 11 is 0. The summed E-state index contributed by atoms with van der Waals surface area (Å²) in [6.07, 6.45) is 2.43. The lowest BCUT2D eigenvalue weighted by molar-refractivity contribution is 0.0873. The molecule has 0 unspecified atom stereocenters. The zero-order valence-electron chi connectivity index (χ0n) is 7.75. The van der Waals surface area contributed by atoms with Gasteiger partial charge in [-0.25, -0.2) is 0 Å². The summed E-state index contributed by atoms with van der Waals surface area (Å²) in [6, 6.07) is 0.284. The molecule has 0 aromatic carbocycles.